The summed E-state index contributed by atoms with van der Waals surface area (Å²) in [5, 5.41) is 45.0. The van der Waals surface area contributed by atoms with Crippen molar-refractivity contribution in [3.8, 4) is 0 Å². The third-order valence-electron chi connectivity index (χ3n) is 9.50. The SMILES string of the molecule is CO/C1=C/C(C)=C/[C@@H](C)[C@H](O)[C@@H](C)C/C(C)=C/C=C/[C@H](OC)[C@@H]([C@@H](C)[C@@H](O)[C@H](C)[C@@]2(O)C[C@@H](O)[C@H](C)[C@@H](C(C)C)O2)OC1=O. The molecule has 0 bridgehead atoms. The number of allylic oxidation sites excluding steroid dienone is 5. The largest absolute Gasteiger partial charge is 0.490 e. The molecule has 9 heteroatoms. The summed E-state index contributed by atoms with van der Waals surface area (Å²) in [6, 6.07) is 0. The Morgan fingerprint density at radius 2 is 1.68 bits per heavy atom. The third-order valence-corrected chi connectivity index (χ3v) is 9.50. The summed E-state index contributed by atoms with van der Waals surface area (Å²) in [4.78, 5) is 13.5. The fraction of sp³-hybridized carbons (Fsp3) is 0.743. The summed E-state index contributed by atoms with van der Waals surface area (Å²) in [7, 11) is 2.87. The molecule has 0 aromatic rings. The number of carbonyl (C=O) groups is 1. The number of cyclic esters (lactones) is 1. The van der Waals surface area contributed by atoms with Crippen LogP contribution in [0.4, 0.5) is 0 Å². The van der Waals surface area contributed by atoms with Crippen molar-refractivity contribution in [3.63, 3.8) is 0 Å². The van der Waals surface area contributed by atoms with Gasteiger partial charge in [0.1, 0.15) is 12.2 Å². The van der Waals surface area contributed by atoms with Crippen LogP contribution in [-0.2, 0) is 23.7 Å². The third kappa shape index (κ3) is 9.50. The number of rotatable bonds is 7. The smallest absolute Gasteiger partial charge is 0.373 e. The molecule has 2 aliphatic rings. The topological polar surface area (TPSA) is 135 Å². The van der Waals surface area contributed by atoms with Crippen LogP contribution < -0.4 is 0 Å². The lowest BCUT2D eigenvalue weighted by molar-refractivity contribution is -0.328. The molecule has 12 atom stereocenters. The highest BCUT2D eigenvalue weighted by molar-refractivity contribution is 5.87. The molecule has 2 rings (SSSR count). The first-order valence-corrected chi connectivity index (χ1v) is 15.9. The lowest BCUT2D eigenvalue weighted by Crippen LogP contribution is -2.59. The zero-order chi connectivity index (χ0) is 33.5. The predicted octanol–water partition coefficient (Wildman–Crippen LogP) is 4.69. The maximum absolute atomic E-state index is 13.5. The summed E-state index contributed by atoms with van der Waals surface area (Å²) in [5.41, 5.74) is 1.78. The van der Waals surface area contributed by atoms with E-state index in [4.69, 9.17) is 18.9 Å². The highest BCUT2D eigenvalue weighted by Crippen LogP contribution is 2.41. The van der Waals surface area contributed by atoms with Crippen LogP contribution in [0, 0.1) is 35.5 Å². The molecule has 0 aromatic heterocycles. The quantitative estimate of drug-likeness (QED) is 0.298. The Morgan fingerprint density at radius 1 is 1.05 bits per heavy atom. The second-order valence-electron chi connectivity index (χ2n) is 13.6. The second-order valence-corrected chi connectivity index (χ2v) is 13.6. The van der Waals surface area contributed by atoms with Gasteiger partial charge in [-0.25, -0.2) is 4.79 Å². The summed E-state index contributed by atoms with van der Waals surface area (Å²) >= 11 is 0. The maximum Gasteiger partial charge on any atom is 0.373 e. The van der Waals surface area contributed by atoms with Crippen molar-refractivity contribution in [3.05, 3.63) is 47.3 Å². The Labute approximate surface area is 264 Å². The van der Waals surface area contributed by atoms with Gasteiger partial charge in [-0.1, -0.05) is 83.9 Å². The van der Waals surface area contributed by atoms with Crippen LogP contribution in [0.3, 0.4) is 0 Å². The number of methoxy groups -OCH3 is 2. The van der Waals surface area contributed by atoms with Crippen molar-refractivity contribution < 1.29 is 44.2 Å². The number of aliphatic hydroxyl groups excluding tert-OH is 3. The van der Waals surface area contributed by atoms with Gasteiger partial charge >= 0.3 is 5.97 Å². The molecule has 2 aliphatic heterocycles. The highest BCUT2D eigenvalue weighted by atomic mass is 16.6. The molecule has 0 radical (unpaired) electrons. The van der Waals surface area contributed by atoms with Crippen molar-refractivity contribution in [1.82, 2.24) is 0 Å². The average molecular weight is 623 g/mol. The lowest BCUT2D eigenvalue weighted by atomic mass is 9.76. The van der Waals surface area contributed by atoms with Gasteiger partial charge in [0.15, 0.2) is 5.79 Å². The van der Waals surface area contributed by atoms with E-state index in [0.29, 0.717) is 6.42 Å². The summed E-state index contributed by atoms with van der Waals surface area (Å²) in [5.74, 6) is -4.49. The van der Waals surface area contributed by atoms with Gasteiger partial charge in [-0.3, -0.25) is 0 Å². The fourth-order valence-corrected chi connectivity index (χ4v) is 6.54. The Bertz CT molecular complexity index is 1060. The second kappa shape index (κ2) is 16.5. The van der Waals surface area contributed by atoms with Crippen molar-refractivity contribution in [2.45, 2.75) is 118 Å². The Kier molecular flexibility index (Phi) is 14.3. The standard InChI is InChI=1S/C35H58O9/c1-19(2)32-24(7)27(36)18-35(40,44-32)26(9)31(38)25(8)33-28(41-10)14-12-13-20(3)15-22(5)30(37)23(6)16-21(4)17-29(42-11)34(39)43-33/h12-14,16-17,19,22-28,30-33,36-38,40H,15,18H2,1-11H3/b14-12+,20-13+,21-16+,29-17+/t22-,23+,24-,25-,26-,27+,28-,30+,31+,32+,33+,35+/m0/s1. The van der Waals surface area contributed by atoms with E-state index in [1.165, 1.54) is 14.2 Å². The first-order valence-electron chi connectivity index (χ1n) is 15.9. The minimum atomic E-state index is -1.80. The van der Waals surface area contributed by atoms with Crippen LogP contribution in [0.15, 0.2) is 47.3 Å². The Morgan fingerprint density at radius 3 is 2.25 bits per heavy atom. The predicted molar refractivity (Wildman–Crippen MR) is 170 cm³/mol. The molecule has 2 heterocycles. The van der Waals surface area contributed by atoms with Gasteiger partial charge in [0.25, 0.3) is 0 Å². The van der Waals surface area contributed by atoms with Gasteiger partial charge in [-0.15, -0.1) is 0 Å². The van der Waals surface area contributed by atoms with E-state index in [-0.39, 0.29) is 35.9 Å². The van der Waals surface area contributed by atoms with Gasteiger partial charge in [-0.2, -0.15) is 0 Å². The Hall–Kier alpha value is -2.01. The van der Waals surface area contributed by atoms with E-state index in [0.717, 1.165) is 11.1 Å². The van der Waals surface area contributed by atoms with E-state index in [2.05, 4.69) is 0 Å². The summed E-state index contributed by atoms with van der Waals surface area (Å²) in [6.45, 7) is 17.0. The van der Waals surface area contributed by atoms with E-state index in [1.807, 2.05) is 66.7 Å². The van der Waals surface area contributed by atoms with Crippen molar-refractivity contribution in [1.29, 1.82) is 0 Å². The molecule has 9 nitrogen and oxygen atoms in total. The first kappa shape index (κ1) is 38.2. The van der Waals surface area contributed by atoms with Crippen LogP contribution in [0.25, 0.3) is 0 Å². The van der Waals surface area contributed by atoms with Gasteiger partial charge in [-0.05, 0) is 38.2 Å². The molecule has 0 saturated carbocycles. The molecule has 252 valence electrons. The van der Waals surface area contributed by atoms with Crippen molar-refractivity contribution in [2.75, 3.05) is 14.2 Å². The lowest BCUT2D eigenvalue weighted by Gasteiger charge is -2.49. The molecule has 0 aliphatic carbocycles. The monoisotopic (exact) mass is 622 g/mol. The molecule has 4 N–H and O–H groups in total. The fourth-order valence-electron chi connectivity index (χ4n) is 6.54. The van der Waals surface area contributed by atoms with Crippen LogP contribution in [0.1, 0.15) is 75.2 Å². The molecule has 44 heavy (non-hydrogen) atoms. The molecule has 0 unspecified atom stereocenters. The summed E-state index contributed by atoms with van der Waals surface area (Å²) in [6.07, 6.45) is 4.85. The number of carbonyl (C=O) groups excluding carboxylic acids is 1. The molecule has 0 amide bonds. The summed E-state index contributed by atoms with van der Waals surface area (Å²) < 4.78 is 23.4. The minimum absolute atomic E-state index is 0.00492. The molecule has 1 saturated heterocycles. The number of hydrogen-bond acceptors (Lipinski definition) is 9. The van der Waals surface area contributed by atoms with Crippen LogP contribution >= 0.6 is 0 Å². The van der Waals surface area contributed by atoms with Gasteiger partial charge in [0, 0.05) is 37.2 Å². The first-order chi connectivity index (χ1) is 20.5. The van der Waals surface area contributed by atoms with E-state index in [1.54, 1.807) is 26.0 Å². The molecule has 0 aromatic carbocycles. The van der Waals surface area contributed by atoms with Crippen molar-refractivity contribution in [2.24, 2.45) is 35.5 Å². The molecule has 1 fully saturated rings. The zero-order valence-electron chi connectivity index (χ0n) is 28.6. The number of ether oxygens (including phenoxy) is 4. The number of hydrogen-bond donors (Lipinski definition) is 4. The van der Waals surface area contributed by atoms with Crippen molar-refractivity contribution >= 4 is 5.97 Å². The van der Waals surface area contributed by atoms with Crippen LogP contribution in [0.5, 0.6) is 0 Å². The average Bonchev–Trinajstić information content (AvgIpc) is 2.96. The highest BCUT2D eigenvalue weighted by Gasteiger charge is 2.51. The zero-order valence-corrected chi connectivity index (χ0v) is 28.6. The molecular formula is C35H58O9. The molecular weight excluding hydrogens is 564 g/mol. The van der Waals surface area contributed by atoms with E-state index in [9.17, 15) is 25.2 Å². The molecule has 0 spiro atoms. The van der Waals surface area contributed by atoms with Gasteiger partial charge < -0.3 is 39.4 Å². The maximum atomic E-state index is 13.5. The minimum Gasteiger partial charge on any atom is -0.490 e. The van der Waals surface area contributed by atoms with Crippen LogP contribution in [-0.4, -0.2) is 83.0 Å². The van der Waals surface area contributed by atoms with E-state index < -0.39 is 60.2 Å². The van der Waals surface area contributed by atoms with E-state index >= 15 is 0 Å². The Balaban J connectivity index is 2.52. The van der Waals surface area contributed by atoms with Gasteiger partial charge in [0.2, 0.25) is 5.76 Å². The number of aliphatic hydroxyl groups is 4. The van der Waals surface area contributed by atoms with Gasteiger partial charge in [0.05, 0.1) is 31.5 Å². The van der Waals surface area contributed by atoms with Crippen LogP contribution in [0.2, 0.25) is 0 Å². The normalized spacial score (nSPS) is 41.2. The number of esters is 1.